The Labute approximate surface area is 69.5 Å². The van der Waals surface area contributed by atoms with Gasteiger partial charge in [-0.15, -0.1) is 0 Å². The minimum atomic E-state index is 0. The predicted molar refractivity (Wildman–Crippen MR) is 45.5 cm³/mol. The summed E-state index contributed by atoms with van der Waals surface area (Å²) in [5, 5.41) is 0. The highest BCUT2D eigenvalue weighted by Crippen LogP contribution is 2.14. The van der Waals surface area contributed by atoms with Gasteiger partial charge < -0.3 is 11.2 Å². The molecule has 1 aliphatic carbocycles. The maximum Gasteiger partial charge on any atom is 0.0843 e. The molecule has 0 aromatic rings. The molecule has 1 fully saturated rings. The van der Waals surface area contributed by atoms with Gasteiger partial charge in [0.25, 0.3) is 0 Å². The minimum absolute atomic E-state index is 0. The summed E-state index contributed by atoms with van der Waals surface area (Å²) < 4.78 is 0. The molecule has 0 radical (unpaired) electrons. The molecule has 0 bridgehead atoms. The molecule has 0 spiro atoms. The molecule has 0 atom stereocenters. The molecule has 68 valence electrons. The first kappa shape index (κ1) is 10.9. The molecule has 1 aliphatic rings. The van der Waals surface area contributed by atoms with Gasteiger partial charge in [0.05, 0.1) is 6.04 Å². The second kappa shape index (κ2) is 6.62. The van der Waals surface area contributed by atoms with Crippen molar-refractivity contribution in [2.75, 3.05) is 0 Å². The maximum absolute atomic E-state index is 4.14. The third-order valence-corrected chi connectivity index (χ3v) is 2.47. The smallest absolute Gasteiger partial charge is 0.0843 e. The van der Waals surface area contributed by atoms with Crippen LogP contribution in [0.1, 0.15) is 51.4 Å². The third-order valence-electron chi connectivity index (χ3n) is 2.47. The Balaban J connectivity index is 0.000001000. The Morgan fingerprint density at radius 2 is 1.09 bits per heavy atom. The molecular weight excluding hydrogens is 138 g/mol. The first-order chi connectivity index (χ1) is 4.89. The van der Waals surface area contributed by atoms with Crippen molar-refractivity contribution in [3.63, 3.8) is 0 Å². The van der Waals surface area contributed by atoms with Crippen LogP contribution < -0.4 is 5.73 Å². The molecule has 11 heavy (non-hydrogen) atoms. The van der Waals surface area contributed by atoms with Crippen molar-refractivity contribution >= 4 is 0 Å². The SMILES string of the molecule is [NH3+]C1CCCCCCCC1.[OH-]. The topological polar surface area (TPSA) is 57.6 Å². The average Bonchev–Trinajstić information content (AvgIpc) is 2.02. The highest BCUT2D eigenvalue weighted by Gasteiger charge is 2.07. The van der Waals surface area contributed by atoms with E-state index in [-0.39, 0.29) is 5.48 Å². The van der Waals surface area contributed by atoms with E-state index in [1.165, 1.54) is 51.4 Å². The van der Waals surface area contributed by atoms with Crippen LogP contribution >= 0.6 is 0 Å². The summed E-state index contributed by atoms with van der Waals surface area (Å²) in [7, 11) is 0. The second-order valence-electron chi connectivity index (χ2n) is 3.56. The number of quaternary nitrogens is 1. The van der Waals surface area contributed by atoms with Crippen LogP contribution in [-0.2, 0) is 0 Å². The molecule has 0 unspecified atom stereocenters. The van der Waals surface area contributed by atoms with Crippen LogP contribution in [0.25, 0.3) is 0 Å². The summed E-state index contributed by atoms with van der Waals surface area (Å²) in [5.41, 5.74) is 4.14. The van der Waals surface area contributed by atoms with E-state index in [2.05, 4.69) is 5.73 Å². The van der Waals surface area contributed by atoms with E-state index in [9.17, 15) is 0 Å². The maximum atomic E-state index is 4.14. The summed E-state index contributed by atoms with van der Waals surface area (Å²) in [6.07, 6.45) is 11.4. The van der Waals surface area contributed by atoms with Crippen molar-refractivity contribution < 1.29 is 11.2 Å². The Hall–Kier alpha value is -0.0800. The standard InChI is InChI=1S/C9H19N.H2O/c10-9-7-5-3-1-2-4-6-8-9;/h9H,1-8,10H2;1H2. The summed E-state index contributed by atoms with van der Waals surface area (Å²) >= 11 is 0. The first-order valence-corrected chi connectivity index (χ1v) is 4.72. The van der Waals surface area contributed by atoms with Gasteiger partial charge in [-0.2, -0.15) is 0 Å². The highest BCUT2D eigenvalue weighted by atomic mass is 16.0. The van der Waals surface area contributed by atoms with Crippen LogP contribution in [0.5, 0.6) is 0 Å². The molecule has 2 nitrogen and oxygen atoms in total. The number of rotatable bonds is 0. The minimum Gasteiger partial charge on any atom is -0.870 e. The van der Waals surface area contributed by atoms with E-state index in [1.807, 2.05) is 0 Å². The lowest BCUT2D eigenvalue weighted by atomic mass is 10.1. The van der Waals surface area contributed by atoms with E-state index in [0.29, 0.717) is 0 Å². The van der Waals surface area contributed by atoms with Gasteiger partial charge in [0.1, 0.15) is 0 Å². The van der Waals surface area contributed by atoms with Crippen LogP contribution in [0.4, 0.5) is 0 Å². The summed E-state index contributed by atoms with van der Waals surface area (Å²) in [6, 6.07) is 0.762. The molecule has 2 heteroatoms. The fraction of sp³-hybridized carbons (Fsp3) is 1.00. The average molecular weight is 159 g/mol. The fourth-order valence-electron chi connectivity index (χ4n) is 1.72. The Morgan fingerprint density at radius 1 is 0.727 bits per heavy atom. The summed E-state index contributed by atoms with van der Waals surface area (Å²) in [5.74, 6) is 0. The molecule has 0 saturated heterocycles. The quantitative estimate of drug-likeness (QED) is 0.573. The lowest BCUT2D eigenvalue weighted by Gasteiger charge is -2.03. The molecule has 1 rings (SSSR count). The van der Waals surface area contributed by atoms with Crippen LogP contribution in [0.3, 0.4) is 0 Å². The molecule has 0 aromatic carbocycles. The van der Waals surface area contributed by atoms with Gasteiger partial charge in [-0.3, -0.25) is 0 Å². The van der Waals surface area contributed by atoms with Gasteiger partial charge >= 0.3 is 0 Å². The molecule has 1 saturated carbocycles. The number of hydrogen-bond acceptors (Lipinski definition) is 1. The van der Waals surface area contributed by atoms with Crippen LogP contribution in [0.15, 0.2) is 0 Å². The zero-order chi connectivity index (χ0) is 7.23. The number of hydrogen-bond donors (Lipinski definition) is 1. The molecule has 0 aliphatic heterocycles. The van der Waals surface area contributed by atoms with E-state index in [0.717, 1.165) is 6.04 Å². The lowest BCUT2D eigenvalue weighted by molar-refractivity contribution is -0.422. The van der Waals surface area contributed by atoms with Gasteiger partial charge in [-0.1, -0.05) is 25.7 Å². The van der Waals surface area contributed by atoms with Crippen LogP contribution in [-0.4, -0.2) is 11.5 Å². The first-order valence-electron chi connectivity index (χ1n) is 4.72. The Bertz CT molecular complexity index is 75.6. The third kappa shape index (κ3) is 5.22. The van der Waals surface area contributed by atoms with Gasteiger partial charge in [-0.05, 0) is 25.7 Å². The van der Waals surface area contributed by atoms with Crippen molar-refractivity contribution in [3.8, 4) is 0 Å². The summed E-state index contributed by atoms with van der Waals surface area (Å²) in [6.45, 7) is 0. The normalized spacial score (nSPS) is 22.6. The predicted octanol–water partition coefficient (Wildman–Crippen LogP) is 1.55. The van der Waals surface area contributed by atoms with Crippen molar-refractivity contribution in [3.05, 3.63) is 0 Å². The lowest BCUT2D eigenvalue weighted by Crippen LogP contribution is -2.60. The molecule has 4 N–H and O–H groups in total. The Morgan fingerprint density at radius 3 is 1.55 bits per heavy atom. The van der Waals surface area contributed by atoms with E-state index in [4.69, 9.17) is 0 Å². The summed E-state index contributed by atoms with van der Waals surface area (Å²) in [4.78, 5) is 0. The second-order valence-corrected chi connectivity index (χ2v) is 3.56. The molecule has 0 amide bonds. The highest BCUT2D eigenvalue weighted by molar-refractivity contribution is 4.58. The van der Waals surface area contributed by atoms with E-state index in [1.54, 1.807) is 0 Å². The monoisotopic (exact) mass is 159 g/mol. The van der Waals surface area contributed by atoms with Crippen LogP contribution in [0.2, 0.25) is 0 Å². The van der Waals surface area contributed by atoms with Gasteiger partial charge in [0.15, 0.2) is 0 Å². The van der Waals surface area contributed by atoms with E-state index >= 15 is 0 Å². The van der Waals surface area contributed by atoms with Crippen LogP contribution in [0, 0.1) is 0 Å². The van der Waals surface area contributed by atoms with Gasteiger partial charge in [-0.25, -0.2) is 0 Å². The largest absolute Gasteiger partial charge is 0.870 e. The Kier molecular flexibility index (Phi) is 6.57. The molecule has 0 aromatic heterocycles. The van der Waals surface area contributed by atoms with Gasteiger partial charge in [0.2, 0.25) is 0 Å². The van der Waals surface area contributed by atoms with Gasteiger partial charge in [0, 0.05) is 0 Å². The fourth-order valence-corrected chi connectivity index (χ4v) is 1.72. The van der Waals surface area contributed by atoms with Crippen molar-refractivity contribution in [1.29, 1.82) is 0 Å². The van der Waals surface area contributed by atoms with Crippen molar-refractivity contribution in [2.45, 2.75) is 57.4 Å². The van der Waals surface area contributed by atoms with Crippen molar-refractivity contribution in [1.82, 2.24) is 0 Å². The van der Waals surface area contributed by atoms with E-state index < -0.39 is 0 Å². The molecular formula is C9H21NO. The zero-order valence-corrected chi connectivity index (χ0v) is 7.39. The molecule has 0 heterocycles. The van der Waals surface area contributed by atoms with Crippen molar-refractivity contribution in [2.24, 2.45) is 0 Å². The zero-order valence-electron chi connectivity index (χ0n) is 7.39.